The Labute approximate surface area is 110 Å². The molecule has 1 aliphatic rings. The number of methoxy groups -OCH3 is 1. The van der Waals surface area contributed by atoms with E-state index in [4.69, 9.17) is 10.5 Å². The van der Waals surface area contributed by atoms with Gasteiger partial charge < -0.3 is 15.8 Å². The molecule has 0 heterocycles. The molecule has 0 amide bonds. The Hall–Kier alpha value is -1.06. The largest absolute Gasteiger partial charge is 0.497 e. The molecular weight excluding hydrogens is 224 g/mol. The molecule has 1 unspecified atom stereocenters. The number of benzene rings is 1. The summed E-state index contributed by atoms with van der Waals surface area (Å²) in [6, 6.07) is 8.93. The predicted molar refractivity (Wildman–Crippen MR) is 75.0 cm³/mol. The molecular formula is C15H24N2O. The van der Waals surface area contributed by atoms with Crippen LogP contribution >= 0.6 is 0 Å². The molecule has 1 aliphatic carbocycles. The lowest BCUT2D eigenvalue weighted by Crippen LogP contribution is -2.33. The van der Waals surface area contributed by atoms with E-state index < -0.39 is 0 Å². The van der Waals surface area contributed by atoms with E-state index in [0.717, 1.165) is 12.3 Å². The second-order valence-electron chi connectivity index (χ2n) is 5.10. The zero-order valence-electron chi connectivity index (χ0n) is 11.2. The minimum Gasteiger partial charge on any atom is -0.497 e. The third-order valence-corrected chi connectivity index (χ3v) is 3.86. The van der Waals surface area contributed by atoms with Crippen LogP contribution in [-0.2, 0) is 0 Å². The molecule has 0 aromatic heterocycles. The number of nitrogens with two attached hydrogens (primary N) is 1. The Bertz CT molecular complexity index is 361. The van der Waals surface area contributed by atoms with Gasteiger partial charge in [0.05, 0.1) is 7.11 Å². The predicted octanol–water partition coefficient (Wildman–Crippen LogP) is 2.27. The summed E-state index contributed by atoms with van der Waals surface area (Å²) in [6.45, 7) is 1.64. The highest BCUT2D eigenvalue weighted by atomic mass is 16.5. The number of nitrogens with one attached hydrogen (secondary N) is 1. The molecule has 0 radical (unpaired) electrons. The molecule has 100 valence electrons. The fourth-order valence-electron chi connectivity index (χ4n) is 2.67. The van der Waals surface area contributed by atoms with Gasteiger partial charge in [-0.2, -0.15) is 0 Å². The van der Waals surface area contributed by atoms with Crippen molar-refractivity contribution in [2.75, 3.05) is 20.2 Å². The molecule has 0 bridgehead atoms. The minimum atomic E-state index is 0.376. The van der Waals surface area contributed by atoms with E-state index in [0.29, 0.717) is 18.5 Å². The Morgan fingerprint density at radius 2 is 2.17 bits per heavy atom. The van der Waals surface area contributed by atoms with Gasteiger partial charge in [0.15, 0.2) is 0 Å². The third kappa shape index (κ3) is 3.47. The van der Waals surface area contributed by atoms with Crippen molar-refractivity contribution in [2.45, 2.75) is 37.6 Å². The van der Waals surface area contributed by atoms with Crippen LogP contribution in [-0.4, -0.2) is 26.2 Å². The van der Waals surface area contributed by atoms with Gasteiger partial charge in [-0.25, -0.2) is 0 Å². The van der Waals surface area contributed by atoms with E-state index >= 15 is 0 Å². The smallest absolute Gasteiger partial charge is 0.119 e. The first-order valence-electron chi connectivity index (χ1n) is 6.91. The van der Waals surface area contributed by atoms with Gasteiger partial charge in [-0.1, -0.05) is 25.0 Å². The van der Waals surface area contributed by atoms with Crippen LogP contribution in [0.1, 0.15) is 37.2 Å². The average Bonchev–Trinajstić information content (AvgIpc) is 2.93. The Balaban J connectivity index is 1.93. The molecule has 3 N–H and O–H groups in total. The summed E-state index contributed by atoms with van der Waals surface area (Å²) in [5, 5.41) is 3.65. The zero-order chi connectivity index (χ0) is 12.8. The summed E-state index contributed by atoms with van der Waals surface area (Å²) >= 11 is 0. The summed E-state index contributed by atoms with van der Waals surface area (Å²) in [6.07, 6.45) is 5.36. The summed E-state index contributed by atoms with van der Waals surface area (Å²) in [4.78, 5) is 0. The molecule has 1 saturated carbocycles. The van der Waals surface area contributed by atoms with Gasteiger partial charge in [-0.3, -0.25) is 0 Å². The average molecular weight is 248 g/mol. The summed E-state index contributed by atoms with van der Waals surface area (Å²) in [5.41, 5.74) is 7.17. The molecule has 18 heavy (non-hydrogen) atoms. The van der Waals surface area contributed by atoms with E-state index in [1.165, 1.54) is 31.2 Å². The minimum absolute atomic E-state index is 0.376. The van der Waals surface area contributed by atoms with Crippen molar-refractivity contribution in [3.05, 3.63) is 29.8 Å². The van der Waals surface area contributed by atoms with Gasteiger partial charge in [0.2, 0.25) is 0 Å². The summed E-state index contributed by atoms with van der Waals surface area (Å²) in [7, 11) is 1.70. The van der Waals surface area contributed by atoms with Crippen LogP contribution in [0.25, 0.3) is 0 Å². The number of hydrogen-bond acceptors (Lipinski definition) is 3. The van der Waals surface area contributed by atoms with Gasteiger partial charge in [-0.15, -0.1) is 0 Å². The third-order valence-electron chi connectivity index (χ3n) is 3.86. The van der Waals surface area contributed by atoms with Gasteiger partial charge in [0.25, 0.3) is 0 Å². The number of hydrogen-bond donors (Lipinski definition) is 2. The van der Waals surface area contributed by atoms with Crippen molar-refractivity contribution < 1.29 is 4.74 Å². The maximum atomic E-state index is 5.90. The molecule has 2 rings (SSSR count). The molecule has 1 aromatic carbocycles. The lowest BCUT2D eigenvalue weighted by atomic mass is 9.98. The molecule has 3 heteroatoms. The van der Waals surface area contributed by atoms with Gasteiger partial charge in [-0.05, 0) is 30.5 Å². The van der Waals surface area contributed by atoms with E-state index in [1.807, 2.05) is 12.1 Å². The monoisotopic (exact) mass is 248 g/mol. The lowest BCUT2D eigenvalue weighted by molar-refractivity contribution is 0.413. The standard InChI is InChI=1S/C15H24N2O/c1-18-15-8-4-5-12(9-15)13(10-16)11-17-14-6-2-3-7-14/h4-5,8-9,13-14,17H,2-3,6-7,10-11,16H2,1H3. The molecule has 1 fully saturated rings. The van der Waals surface area contributed by atoms with E-state index in [9.17, 15) is 0 Å². The summed E-state index contributed by atoms with van der Waals surface area (Å²) < 4.78 is 5.27. The van der Waals surface area contributed by atoms with Crippen molar-refractivity contribution in [1.82, 2.24) is 5.32 Å². The van der Waals surface area contributed by atoms with Crippen LogP contribution in [0, 0.1) is 0 Å². The highest BCUT2D eigenvalue weighted by Gasteiger charge is 2.17. The van der Waals surface area contributed by atoms with Crippen LogP contribution in [0.2, 0.25) is 0 Å². The van der Waals surface area contributed by atoms with E-state index in [1.54, 1.807) is 7.11 Å². The molecule has 0 saturated heterocycles. The van der Waals surface area contributed by atoms with Crippen LogP contribution in [0.4, 0.5) is 0 Å². The zero-order valence-corrected chi connectivity index (χ0v) is 11.2. The maximum Gasteiger partial charge on any atom is 0.119 e. The fourth-order valence-corrected chi connectivity index (χ4v) is 2.67. The van der Waals surface area contributed by atoms with Gasteiger partial charge >= 0.3 is 0 Å². The number of rotatable bonds is 6. The van der Waals surface area contributed by atoms with Crippen LogP contribution in [0.15, 0.2) is 24.3 Å². The lowest BCUT2D eigenvalue weighted by Gasteiger charge is -2.20. The van der Waals surface area contributed by atoms with E-state index in [2.05, 4.69) is 17.4 Å². The van der Waals surface area contributed by atoms with Crippen molar-refractivity contribution in [2.24, 2.45) is 5.73 Å². The quantitative estimate of drug-likeness (QED) is 0.812. The number of ether oxygens (including phenoxy) is 1. The van der Waals surface area contributed by atoms with Gasteiger partial charge in [0.1, 0.15) is 5.75 Å². The summed E-state index contributed by atoms with van der Waals surface area (Å²) in [5.74, 6) is 1.28. The highest BCUT2D eigenvalue weighted by Crippen LogP contribution is 2.22. The normalized spacial score (nSPS) is 17.9. The van der Waals surface area contributed by atoms with Crippen molar-refractivity contribution in [3.8, 4) is 5.75 Å². The van der Waals surface area contributed by atoms with Crippen LogP contribution in [0.5, 0.6) is 5.75 Å². The van der Waals surface area contributed by atoms with Crippen molar-refractivity contribution in [1.29, 1.82) is 0 Å². The first-order chi connectivity index (χ1) is 8.83. The Morgan fingerprint density at radius 1 is 1.39 bits per heavy atom. The van der Waals surface area contributed by atoms with E-state index in [-0.39, 0.29) is 0 Å². The maximum absolute atomic E-state index is 5.90. The first kappa shape index (κ1) is 13.4. The Kier molecular flexibility index (Phi) is 5.02. The second-order valence-corrected chi connectivity index (χ2v) is 5.10. The second kappa shape index (κ2) is 6.76. The van der Waals surface area contributed by atoms with Crippen molar-refractivity contribution >= 4 is 0 Å². The fraction of sp³-hybridized carbons (Fsp3) is 0.600. The molecule has 0 aliphatic heterocycles. The molecule has 0 spiro atoms. The highest BCUT2D eigenvalue weighted by molar-refractivity contribution is 5.31. The Morgan fingerprint density at radius 3 is 2.83 bits per heavy atom. The molecule has 1 aromatic rings. The first-order valence-corrected chi connectivity index (χ1v) is 6.91. The molecule has 1 atom stereocenters. The SMILES string of the molecule is COc1cccc(C(CN)CNC2CCCC2)c1. The molecule has 3 nitrogen and oxygen atoms in total. The van der Waals surface area contributed by atoms with Crippen LogP contribution in [0.3, 0.4) is 0 Å². The van der Waals surface area contributed by atoms with Crippen molar-refractivity contribution in [3.63, 3.8) is 0 Å². The van der Waals surface area contributed by atoms with Gasteiger partial charge in [0, 0.05) is 25.0 Å². The van der Waals surface area contributed by atoms with Crippen LogP contribution < -0.4 is 15.8 Å². The topological polar surface area (TPSA) is 47.3 Å².